The Morgan fingerprint density at radius 3 is 1.52 bits per heavy atom. The van der Waals surface area contributed by atoms with Crippen LogP contribution in [0.1, 0.15) is 151 Å². The molecular weight excluding hydrogens is 731 g/mol. The molecule has 0 radical (unpaired) electrons. The van der Waals surface area contributed by atoms with Gasteiger partial charge < -0.3 is 9.47 Å². The van der Waals surface area contributed by atoms with Crippen molar-refractivity contribution in [2.24, 2.45) is 0 Å². The summed E-state index contributed by atoms with van der Waals surface area (Å²) in [5.41, 5.74) is 7.63. The molecule has 300 valence electrons. The third-order valence-corrected chi connectivity index (χ3v) is 13.0. The van der Waals surface area contributed by atoms with Crippen LogP contribution in [0.2, 0.25) is 0 Å². The van der Waals surface area contributed by atoms with Crippen LogP contribution < -0.4 is 4.74 Å². The Bertz CT molecular complexity index is 1990. The molecule has 0 fully saturated rings. The van der Waals surface area contributed by atoms with Crippen molar-refractivity contribution in [3.8, 4) is 5.75 Å². The van der Waals surface area contributed by atoms with Gasteiger partial charge in [0.2, 0.25) is 0 Å². The lowest BCUT2D eigenvalue weighted by Gasteiger charge is -2.34. The lowest BCUT2D eigenvalue weighted by molar-refractivity contribution is 0.00301. The van der Waals surface area contributed by atoms with Gasteiger partial charge in [-0.15, -0.1) is 23.5 Å². The molecule has 0 bridgehead atoms. The first-order chi connectivity index (χ1) is 25.9. The van der Waals surface area contributed by atoms with Crippen LogP contribution in [0, 0.1) is 6.92 Å². The number of amides is 2. The SMILES string of the molecule is Cc1c(C(C)(C)C)cc(SC(C)(C)Sc2cc(C(C)(C)C)c(OCOCc3ccccc3)c(C(C)(C)CCN3C(=O)c4ccccc4C3=O)c2)cc1C(C)(C)C. The largest absolute Gasteiger partial charge is 0.467 e. The molecule has 1 aliphatic heterocycles. The Morgan fingerprint density at radius 1 is 0.589 bits per heavy atom. The van der Waals surface area contributed by atoms with Gasteiger partial charge in [0.05, 0.1) is 21.8 Å². The predicted molar refractivity (Wildman–Crippen MR) is 236 cm³/mol. The fourth-order valence-corrected chi connectivity index (χ4v) is 10.2. The molecule has 2 amide bonds. The summed E-state index contributed by atoms with van der Waals surface area (Å²) < 4.78 is 12.5. The summed E-state index contributed by atoms with van der Waals surface area (Å²) in [6.45, 7) is 32.6. The molecule has 5 nitrogen and oxygen atoms in total. The first kappa shape index (κ1) is 43.6. The highest BCUT2D eigenvalue weighted by Gasteiger charge is 2.38. The number of imide groups is 1. The predicted octanol–water partition coefficient (Wildman–Crippen LogP) is 13.0. The fraction of sp³-hybridized carbons (Fsp3) is 0.469. The maximum absolute atomic E-state index is 13.4. The van der Waals surface area contributed by atoms with Crippen LogP contribution in [0.25, 0.3) is 0 Å². The maximum atomic E-state index is 13.4. The molecule has 0 aliphatic carbocycles. The summed E-state index contributed by atoms with van der Waals surface area (Å²) in [5.74, 6) is 0.341. The second-order valence-electron chi connectivity index (χ2n) is 19.4. The average molecular weight is 794 g/mol. The van der Waals surface area contributed by atoms with E-state index in [0.717, 1.165) is 27.3 Å². The van der Waals surface area contributed by atoms with E-state index in [2.05, 4.69) is 121 Å². The molecule has 56 heavy (non-hydrogen) atoms. The van der Waals surface area contributed by atoms with Crippen LogP contribution >= 0.6 is 23.5 Å². The Kier molecular flexibility index (Phi) is 12.8. The number of thioether (sulfide) groups is 2. The number of carbonyl (C=O) groups excluding carboxylic acids is 2. The van der Waals surface area contributed by atoms with E-state index in [1.54, 1.807) is 12.1 Å². The lowest BCUT2D eigenvalue weighted by atomic mass is 9.76. The number of hydrogen-bond donors (Lipinski definition) is 0. The third kappa shape index (κ3) is 10.1. The second-order valence-corrected chi connectivity index (χ2v) is 23.0. The molecule has 0 atom stereocenters. The summed E-state index contributed by atoms with van der Waals surface area (Å²) >= 11 is 3.77. The van der Waals surface area contributed by atoms with Gasteiger partial charge in [0, 0.05) is 27.5 Å². The number of hydrogen-bond acceptors (Lipinski definition) is 6. The Labute approximate surface area is 345 Å². The van der Waals surface area contributed by atoms with Crippen LogP contribution in [0.15, 0.2) is 88.7 Å². The van der Waals surface area contributed by atoms with Crippen molar-refractivity contribution in [1.82, 2.24) is 4.90 Å². The molecule has 0 aromatic heterocycles. The molecule has 7 heteroatoms. The molecule has 5 rings (SSSR count). The Balaban J connectivity index is 1.51. The summed E-state index contributed by atoms with van der Waals surface area (Å²) in [5, 5.41) is 0. The van der Waals surface area contributed by atoms with E-state index in [1.165, 1.54) is 26.5 Å². The van der Waals surface area contributed by atoms with E-state index in [-0.39, 0.29) is 38.9 Å². The minimum atomic E-state index is -0.474. The highest BCUT2D eigenvalue weighted by molar-refractivity contribution is 8.18. The standard InChI is InChI=1S/C49H63NO4S2/c1-32-38(45(2,3)4)26-34(27-39(32)46(5,6)7)55-49(13,14)56-35-28-40(47(8,9)10)42(54-31-53-30-33-20-16-15-17-21-33)41(29-35)48(11,12)24-25-50-43(51)36-22-18-19-23-37(36)44(50)52/h15-23,26-29H,24-25,30-31H2,1-14H3. The van der Waals surface area contributed by atoms with Gasteiger partial charge in [0.15, 0.2) is 6.79 Å². The van der Waals surface area contributed by atoms with Crippen LogP contribution in [-0.2, 0) is 33.0 Å². The van der Waals surface area contributed by atoms with Gasteiger partial charge in [-0.05, 0) is 108 Å². The molecular formula is C49H63NO4S2. The van der Waals surface area contributed by atoms with Crippen molar-refractivity contribution in [3.05, 3.63) is 123 Å². The van der Waals surface area contributed by atoms with Gasteiger partial charge in [-0.2, -0.15) is 0 Å². The van der Waals surface area contributed by atoms with E-state index < -0.39 is 5.41 Å². The first-order valence-corrected chi connectivity index (χ1v) is 21.4. The first-order valence-electron chi connectivity index (χ1n) is 19.8. The van der Waals surface area contributed by atoms with E-state index >= 15 is 0 Å². The van der Waals surface area contributed by atoms with Crippen molar-refractivity contribution in [3.63, 3.8) is 0 Å². The van der Waals surface area contributed by atoms with Crippen LogP contribution in [-0.4, -0.2) is 34.1 Å². The number of carbonyl (C=O) groups is 2. The summed E-state index contributed by atoms with van der Waals surface area (Å²) in [6, 6.07) is 26.6. The summed E-state index contributed by atoms with van der Waals surface area (Å²) in [4.78, 5) is 30.6. The smallest absolute Gasteiger partial charge is 0.261 e. The number of nitrogens with zero attached hydrogens (tertiary/aromatic N) is 1. The zero-order chi connectivity index (χ0) is 41.4. The van der Waals surface area contributed by atoms with Gasteiger partial charge in [-0.3, -0.25) is 14.5 Å². The monoisotopic (exact) mass is 793 g/mol. The van der Waals surface area contributed by atoms with E-state index in [0.29, 0.717) is 30.7 Å². The molecule has 0 saturated heterocycles. The topological polar surface area (TPSA) is 55.8 Å². The molecule has 0 N–H and O–H groups in total. The molecule has 4 aromatic carbocycles. The summed E-state index contributed by atoms with van der Waals surface area (Å²) in [6.07, 6.45) is 0.560. The molecule has 4 aromatic rings. The normalized spacial score (nSPS) is 14.1. The van der Waals surface area contributed by atoms with Crippen LogP contribution in [0.4, 0.5) is 0 Å². The zero-order valence-corrected chi connectivity index (χ0v) is 37.9. The highest BCUT2D eigenvalue weighted by Crippen LogP contribution is 2.51. The van der Waals surface area contributed by atoms with Crippen LogP contribution in [0.3, 0.4) is 0 Å². The second kappa shape index (κ2) is 16.4. The average Bonchev–Trinajstić information content (AvgIpc) is 3.33. The number of fused-ring (bicyclic) bond motifs is 1. The summed E-state index contributed by atoms with van der Waals surface area (Å²) in [7, 11) is 0. The van der Waals surface area contributed by atoms with Crippen molar-refractivity contribution in [1.29, 1.82) is 0 Å². The highest BCUT2D eigenvalue weighted by atomic mass is 32.2. The molecule has 0 saturated carbocycles. The van der Waals surface area contributed by atoms with E-state index in [9.17, 15) is 9.59 Å². The third-order valence-electron chi connectivity index (χ3n) is 10.6. The van der Waals surface area contributed by atoms with Gasteiger partial charge in [-0.1, -0.05) is 119 Å². The van der Waals surface area contributed by atoms with Gasteiger partial charge in [0.1, 0.15) is 5.75 Å². The van der Waals surface area contributed by atoms with Gasteiger partial charge in [-0.25, -0.2) is 0 Å². The minimum absolute atomic E-state index is 0.0216. The van der Waals surface area contributed by atoms with Crippen molar-refractivity contribution in [2.75, 3.05) is 13.3 Å². The minimum Gasteiger partial charge on any atom is -0.467 e. The number of benzene rings is 4. The van der Waals surface area contributed by atoms with Crippen molar-refractivity contribution >= 4 is 35.3 Å². The quantitative estimate of drug-likeness (QED) is 0.0582. The van der Waals surface area contributed by atoms with Crippen molar-refractivity contribution < 1.29 is 19.1 Å². The number of ether oxygens (including phenoxy) is 2. The maximum Gasteiger partial charge on any atom is 0.261 e. The molecule has 0 spiro atoms. The van der Waals surface area contributed by atoms with Crippen molar-refractivity contribution in [2.45, 2.75) is 145 Å². The Morgan fingerprint density at radius 2 is 1.04 bits per heavy atom. The van der Waals surface area contributed by atoms with Gasteiger partial charge in [0.25, 0.3) is 11.8 Å². The number of rotatable bonds is 13. The lowest BCUT2D eigenvalue weighted by Crippen LogP contribution is -2.34. The molecule has 1 heterocycles. The Hall–Kier alpha value is -3.52. The van der Waals surface area contributed by atoms with Crippen LogP contribution in [0.5, 0.6) is 5.75 Å². The zero-order valence-electron chi connectivity index (χ0n) is 36.2. The van der Waals surface area contributed by atoms with E-state index in [1.807, 2.05) is 66.0 Å². The van der Waals surface area contributed by atoms with Gasteiger partial charge >= 0.3 is 0 Å². The fourth-order valence-electron chi connectivity index (χ4n) is 7.57. The molecule has 1 aliphatic rings. The van der Waals surface area contributed by atoms with E-state index in [4.69, 9.17) is 9.47 Å². The molecule has 0 unspecified atom stereocenters.